The topological polar surface area (TPSA) is 26.0 Å². The maximum Gasteiger partial charge on any atom is 0.127 e. The highest BCUT2D eigenvalue weighted by Crippen LogP contribution is 2.16. The van der Waals surface area contributed by atoms with Gasteiger partial charge in [-0.2, -0.15) is 0 Å². The Kier molecular flexibility index (Phi) is 2.60. The van der Waals surface area contributed by atoms with E-state index >= 15 is 0 Å². The standard InChI is InChI=1S/C9H12FN/c1-2-9(11)7-5-3-4-6-8(7)10/h3-6,9H,2,11H2,1H3/t9-/m1/s1. The molecular weight excluding hydrogens is 141 g/mol. The molecule has 0 amide bonds. The lowest BCUT2D eigenvalue weighted by atomic mass is 10.1. The Hall–Kier alpha value is -0.890. The zero-order chi connectivity index (χ0) is 8.27. The van der Waals surface area contributed by atoms with Crippen LogP contribution in [-0.4, -0.2) is 0 Å². The van der Waals surface area contributed by atoms with Gasteiger partial charge in [-0.05, 0) is 12.5 Å². The molecule has 2 N–H and O–H groups in total. The summed E-state index contributed by atoms with van der Waals surface area (Å²) in [6.07, 6.45) is 0.765. The Morgan fingerprint density at radius 2 is 2.09 bits per heavy atom. The molecule has 1 aromatic rings. The second-order valence-corrected chi connectivity index (χ2v) is 2.54. The van der Waals surface area contributed by atoms with Crippen molar-refractivity contribution in [2.45, 2.75) is 19.4 Å². The molecule has 1 rings (SSSR count). The van der Waals surface area contributed by atoms with Crippen molar-refractivity contribution in [1.29, 1.82) is 0 Å². The quantitative estimate of drug-likeness (QED) is 0.692. The first kappa shape index (κ1) is 8.21. The summed E-state index contributed by atoms with van der Waals surface area (Å²) < 4.78 is 12.9. The third kappa shape index (κ3) is 1.77. The molecule has 0 aliphatic heterocycles. The smallest absolute Gasteiger partial charge is 0.127 e. The van der Waals surface area contributed by atoms with Crippen LogP contribution in [0.5, 0.6) is 0 Å². The van der Waals surface area contributed by atoms with Crippen molar-refractivity contribution in [3.05, 3.63) is 35.6 Å². The third-order valence-corrected chi connectivity index (χ3v) is 1.74. The normalized spacial score (nSPS) is 13.0. The van der Waals surface area contributed by atoms with Gasteiger partial charge in [0.15, 0.2) is 0 Å². The fourth-order valence-corrected chi connectivity index (χ4v) is 0.996. The van der Waals surface area contributed by atoms with E-state index in [2.05, 4.69) is 0 Å². The van der Waals surface area contributed by atoms with E-state index in [0.29, 0.717) is 5.56 Å². The predicted octanol–water partition coefficient (Wildman–Crippen LogP) is 2.24. The Labute approximate surface area is 66.0 Å². The summed E-state index contributed by atoms with van der Waals surface area (Å²) in [6.45, 7) is 1.94. The van der Waals surface area contributed by atoms with E-state index < -0.39 is 0 Å². The van der Waals surface area contributed by atoms with Crippen molar-refractivity contribution in [3.8, 4) is 0 Å². The van der Waals surface area contributed by atoms with Gasteiger partial charge < -0.3 is 5.73 Å². The minimum absolute atomic E-state index is 0.170. The van der Waals surface area contributed by atoms with Crippen LogP contribution in [-0.2, 0) is 0 Å². The van der Waals surface area contributed by atoms with Crippen molar-refractivity contribution in [1.82, 2.24) is 0 Å². The van der Waals surface area contributed by atoms with E-state index in [0.717, 1.165) is 6.42 Å². The first-order chi connectivity index (χ1) is 5.25. The van der Waals surface area contributed by atoms with Crippen LogP contribution in [0.3, 0.4) is 0 Å². The van der Waals surface area contributed by atoms with Gasteiger partial charge in [0.1, 0.15) is 5.82 Å². The van der Waals surface area contributed by atoms with Gasteiger partial charge in [-0.25, -0.2) is 4.39 Å². The molecule has 1 atom stereocenters. The second-order valence-electron chi connectivity index (χ2n) is 2.54. The van der Waals surface area contributed by atoms with Crippen molar-refractivity contribution >= 4 is 0 Å². The summed E-state index contributed by atoms with van der Waals surface area (Å²) in [4.78, 5) is 0. The lowest BCUT2D eigenvalue weighted by molar-refractivity contribution is 0.575. The summed E-state index contributed by atoms with van der Waals surface area (Å²) in [6, 6.07) is 6.46. The first-order valence-electron chi connectivity index (χ1n) is 3.75. The Morgan fingerprint density at radius 3 is 2.64 bits per heavy atom. The molecular formula is C9H12FN. The van der Waals surface area contributed by atoms with E-state index in [1.54, 1.807) is 18.2 Å². The molecule has 0 aromatic heterocycles. The van der Waals surface area contributed by atoms with Crippen LogP contribution >= 0.6 is 0 Å². The SMILES string of the molecule is CC[C@@H](N)c1ccccc1F. The van der Waals surface area contributed by atoms with Gasteiger partial charge in [0.05, 0.1) is 0 Å². The van der Waals surface area contributed by atoms with Crippen LogP contribution in [0.1, 0.15) is 24.9 Å². The van der Waals surface area contributed by atoms with E-state index in [4.69, 9.17) is 5.73 Å². The van der Waals surface area contributed by atoms with Crippen LogP contribution in [0, 0.1) is 5.82 Å². The highest BCUT2D eigenvalue weighted by molar-refractivity contribution is 5.20. The minimum Gasteiger partial charge on any atom is -0.324 e. The molecule has 2 heteroatoms. The van der Waals surface area contributed by atoms with Crippen molar-refractivity contribution in [2.24, 2.45) is 5.73 Å². The van der Waals surface area contributed by atoms with Gasteiger partial charge in [-0.15, -0.1) is 0 Å². The van der Waals surface area contributed by atoms with Gasteiger partial charge in [0.25, 0.3) is 0 Å². The summed E-state index contributed by atoms with van der Waals surface area (Å²) in [7, 11) is 0. The molecule has 0 saturated carbocycles. The molecule has 0 aliphatic rings. The van der Waals surface area contributed by atoms with Gasteiger partial charge in [0, 0.05) is 11.6 Å². The van der Waals surface area contributed by atoms with Crippen LogP contribution in [0.2, 0.25) is 0 Å². The molecule has 0 fully saturated rings. The maximum atomic E-state index is 12.9. The van der Waals surface area contributed by atoms with E-state index in [1.807, 2.05) is 6.92 Å². The zero-order valence-electron chi connectivity index (χ0n) is 6.55. The largest absolute Gasteiger partial charge is 0.324 e. The molecule has 1 aromatic carbocycles. The number of nitrogens with two attached hydrogens (primary N) is 1. The molecule has 0 heterocycles. The van der Waals surface area contributed by atoms with E-state index in [-0.39, 0.29) is 11.9 Å². The Balaban J connectivity index is 2.93. The van der Waals surface area contributed by atoms with Crippen LogP contribution < -0.4 is 5.73 Å². The number of benzene rings is 1. The van der Waals surface area contributed by atoms with Gasteiger partial charge in [-0.3, -0.25) is 0 Å². The lowest BCUT2D eigenvalue weighted by Crippen LogP contribution is -2.10. The molecule has 0 radical (unpaired) electrons. The van der Waals surface area contributed by atoms with Gasteiger partial charge in [0.2, 0.25) is 0 Å². The number of hydrogen-bond donors (Lipinski definition) is 1. The molecule has 11 heavy (non-hydrogen) atoms. The highest BCUT2D eigenvalue weighted by Gasteiger charge is 2.06. The molecule has 0 unspecified atom stereocenters. The summed E-state index contributed by atoms with van der Waals surface area (Å²) in [5.74, 6) is -0.207. The average molecular weight is 153 g/mol. The molecule has 0 bridgehead atoms. The minimum atomic E-state index is -0.207. The Bertz CT molecular complexity index is 235. The Morgan fingerprint density at radius 1 is 1.45 bits per heavy atom. The highest BCUT2D eigenvalue weighted by atomic mass is 19.1. The summed E-state index contributed by atoms with van der Waals surface area (Å²) in [5.41, 5.74) is 6.26. The summed E-state index contributed by atoms with van der Waals surface area (Å²) >= 11 is 0. The maximum absolute atomic E-state index is 12.9. The van der Waals surface area contributed by atoms with Crippen LogP contribution in [0.15, 0.2) is 24.3 Å². The molecule has 0 aliphatic carbocycles. The lowest BCUT2D eigenvalue weighted by Gasteiger charge is -2.08. The molecule has 60 valence electrons. The van der Waals surface area contributed by atoms with Crippen LogP contribution in [0.25, 0.3) is 0 Å². The van der Waals surface area contributed by atoms with Crippen molar-refractivity contribution < 1.29 is 4.39 Å². The van der Waals surface area contributed by atoms with Crippen LogP contribution in [0.4, 0.5) is 4.39 Å². The third-order valence-electron chi connectivity index (χ3n) is 1.74. The molecule has 0 saturated heterocycles. The fraction of sp³-hybridized carbons (Fsp3) is 0.333. The predicted molar refractivity (Wildman–Crippen MR) is 43.6 cm³/mol. The zero-order valence-corrected chi connectivity index (χ0v) is 6.55. The fourth-order valence-electron chi connectivity index (χ4n) is 0.996. The number of halogens is 1. The molecule has 0 spiro atoms. The number of rotatable bonds is 2. The second kappa shape index (κ2) is 3.49. The monoisotopic (exact) mass is 153 g/mol. The molecule has 1 nitrogen and oxygen atoms in total. The summed E-state index contributed by atoms with van der Waals surface area (Å²) in [5, 5.41) is 0. The van der Waals surface area contributed by atoms with Crippen molar-refractivity contribution in [2.75, 3.05) is 0 Å². The van der Waals surface area contributed by atoms with Gasteiger partial charge in [-0.1, -0.05) is 25.1 Å². The first-order valence-corrected chi connectivity index (χ1v) is 3.75. The van der Waals surface area contributed by atoms with E-state index in [1.165, 1.54) is 6.07 Å². The van der Waals surface area contributed by atoms with E-state index in [9.17, 15) is 4.39 Å². The van der Waals surface area contributed by atoms with Crippen molar-refractivity contribution in [3.63, 3.8) is 0 Å². The average Bonchev–Trinajstić information content (AvgIpc) is 2.04. The van der Waals surface area contributed by atoms with Gasteiger partial charge >= 0.3 is 0 Å². The number of hydrogen-bond acceptors (Lipinski definition) is 1.